The van der Waals surface area contributed by atoms with E-state index in [2.05, 4.69) is 5.32 Å². The summed E-state index contributed by atoms with van der Waals surface area (Å²) in [6.45, 7) is 4.08. The third-order valence-corrected chi connectivity index (χ3v) is 4.28. The van der Waals surface area contributed by atoms with Gasteiger partial charge < -0.3 is 10.4 Å². The van der Waals surface area contributed by atoms with Gasteiger partial charge in [0.2, 0.25) is 5.91 Å². The number of hydrogen-bond donors (Lipinski definition) is 2. The molecule has 0 saturated carbocycles. The SMILES string of the molecule is Cc1cccc(C(O)c2ccc3c(c2)CCC(=O)N3)c1C. The normalized spacial score (nSPS) is 15.3. The zero-order valence-corrected chi connectivity index (χ0v) is 12.3. The molecule has 1 amide bonds. The van der Waals surface area contributed by atoms with Crippen molar-refractivity contribution in [2.45, 2.75) is 32.8 Å². The minimum Gasteiger partial charge on any atom is -0.384 e. The Morgan fingerprint density at radius 1 is 1.14 bits per heavy atom. The molecule has 21 heavy (non-hydrogen) atoms. The van der Waals surface area contributed by atoms with Crippen molar-refractivity contribution in [1.82, 2.24) is 0 Å². The lowest BCUT2D eigenvalue weighted by atomic mass is 9.92. The van der Waals surface area contributed by atoms with Gasteiger partial charge in [0.25, 0.3) is 0 Å². The van der Waals surface area contributed by atoms with Crippen LogP contribution >= 0.6 is 0 Å². The van der Waals surface area contributed by atoms with Gasteiger partial charge in [-0.1, -0.05) is 30.3 Å². The number of aryl methyl sites for hydroxylation is 2. The van der Waals surface area contributed by atoms with Crippen molar-refractivity contribution in [3.63, 3.8) is 0 Å². The van der Waals surface area contributed by atoms with Crippen molar-refractivity contribution in [3.8, 4) is 0 Å². The van der Waals surface area contributed by atoms with Crippen molar-refractivity contribution in [3.05, 3.63) is 64.2 Å². The van der Waals surface area contributed by atoms with E-state index in [0.717, 1.165) is 34.4 Å². The Morgan fingerprint density at radius 2 is 1.95 bits per heavy atom. The molecule has 3 nitrogen and oxygen atoms in total. The fourth-order valence-electron chi connectivity index (χ4n) is 2.82. The molecule has 0 radical (unpaired) electrons. The number of nitrogens with one attached hydrogen (secondary N) is 1. The van der Waals surface area contributed by atoms with Gasteiger partial charge in [0.1, 0.15) is 6.10 Å². The highest BCUT2D eigenvalue weighted by atomic mass is 16.3. The predicted octanol–water partition coefficient (Wildman–Crippen LogP) is 3.27. The quantitative estimate of drug-likeness (QED) is 0.887. The molecule has 0 spiro atoms. The van der Waals surface area contributed by atoms with Gasteiger partial charge in [0.15, 0.2) is 0 Å². The van der Waals surface area contributed by atoms with Crippen LogP contribution in [0.25, 0.3) is 0 Å². The van der Waals surface area contributed by atoms with Crippen LogP contribution in [0, 0.1) is 13.8 Å². The Morgan fingerprint density at radius 3 is 2.76 bits per heavy atom. The monoisotopic (exact) mass is 281 g/mol. The molecular formula is C18H19NO2. The Kier molecular flexibility index (Phi) is 3.52. The number of amides is 1. The van der Waals surface area contributed by atoms with E-state index in [0.29, 0.717) is 6.42 Å². The average molecular weight is 281 g/mol. The molecule has 0 aliphatic carbocycles. The van der Waals surface area contributed by atoms with Gasteiger partial charge in [0, 0.05) is 12.1 Å². The number of hydrogen-bond acceptors (Lipinski definition) is 2. The lowest BCUT2D eigenvalue weighted by molar-refractivity contribution is -0.116. The number of carbonyl (C=O) groups excluding carboxylic acids is 1. The van der Waals surface area contributed by atoms with Gasteiger partial charge in [-0.3, -0.25) is 4.79 Å². The van der Waals surface area contributed by atoms with Crippen LogP contribution in [0.3, 0.4) is 0 Å². The molecule has 1 aliphatic rings. The highest BCUT2D eigenvalue weighted by Gasteiger charge is 2.18. The van der Waals surface area contributed by atoms with Gasteiger partial charge in [-0.05, 0) is 54.2 Å². The van der Waals surface area contributed by atoms with Crippen LogP contribution < -0.4 is 5.32 Å². The van der Waals surface area contributed by atoms with Gasteiger partial charge in [-0.15, -0.1) is 0 Å². The Labute approximate surface area is 124 Å². The third-order valence-electron chi connectivity index (χ3n) is 4.28. The molecule has 2 aromatic rings. The molecule has 0 fully saturated rings. The van der Waals surface area contributed by atoms with Gasteiger partial charge >= 0.3 is 0 Å². The number of aliphatic hydroxyl groups is 1. The number of fused-ring (bicyclic) bond motifs is 1. The molecule has 2 N–H and O–H groups in total. The zero-order valence-electron chi connectivity index (χ0n) is 12.3. The van der Waals surface area contributed by atoms with Crippen molar-refractivity contribution in [2.24, 2.45) is 0 Å². The van der Waals surface area contributed by atoms with E-state index < -0.39 is 6.10 Å². The minimum atomic E-state index is -0.632. The molecule has 2 aromatic carbocycles. The van der Waals surface area contributed by atoms with Crippen LogP contribution in [-0.2, 0) is 11.2 Å². The molecule has 3 heteroatoms. The molecule has 0 aromatic heterocycles. The van der Waals surface area contributed by atoms with Crippen LogP contribution in [0.2, 0.25) is 0 Å². The smallest absolute Gasteiger partial charge is 0.224 e. The Balaban J connectivity index is 1.97. The first kappa shape index (κ1) is 13.8. The lowest BCUT2D eigenvalue weighted by Crippen LogP contribution is -2.19. The molecule has 0 bridgehead atoms. The van der Waals surface area contributed by atoms with E-state index in [9.17, 15) is 9.90 Å². The fourth-order valence-corrected chi connectivity index (χ4v) is 2.82. The summed E-state index contributed by atoms with van der Waals surface area (Å²) in [5, 5.41) is 13.5. The van der Waals surface area contributed by atoms with E-state index in [1.807, 2.05) is 50.2 Å². The van der Waals surface area contributed by atoms with Crippen molar-refractivity contribution < 1.29 is 9.90 Å². The minimum absolute atomic E-state index is 0.0605. The van der Waals surface area contributed by atoms with E-state index in [-0.39, 0.29) is 5.91 Å². The molecule has 3 rings (SSSR count). The number of benzene rings is 2. The highest BCUT2D eigenvalue weighted by Crippen LogP contribution is 2.30. The first-order valence-corrected chi connectivity index (χ1v) is 7.23. The van der Waals surface area contributed by atoms with Crippen LogP contribution in [0.4, 0.5) is 5.69 Å². The third kappa shape index (κ3) is 2.57. The van der Waals surface area contributed by atoms with E-state index in [4.69, 9.17) is 0 Å². The van der Waals surface area contributed by atoms with Gasteiger partial charge in [-0.25, -0.2) is 0 Å². The van der Waals surface area contributed by atoms with Crippen molar-refractivity contribution >= 4 is 11.6 Å². The molecule has 1 aliphatic heterocycles. The van der Waals surface area contributed by atoms with E-state index >= 15 is 0 Å². The standard InChI is InChI=1S/C18H19NO2/c1-11-4-3-5-15(12(11)2)18(21)14-6-8-16-13(10-14)7-9-17(20)19-16/h3-6,8,10,18,21H,7,9H2,1-2H3,(H,19,20). The summed E-state index contributed by atoms with van der Waals surface area (Å²) >= 11 is 0. The fraction of sp³-hybridized carbons (Fsp3) is 0.278. The van der Waals surface area contributed by atoms with E-state index in [1.54, 1.807) is 0 Å². The number of aliphatic hydroxyl groups excluding tert-OH is 1. The second-order valence-electron chi connectivity index (χ2n) is 5.66. The molecule has 1 atom stereocenters. The summed E-state index contributed by atoms with van der Waals surface area (Å²) in [7, 11) is 0. The van der Waals surface area contributed by atoms with Crippen LogP contribution in [-0.4, -0.2) is 11.0 Å². The molecule has 1 unspecified atom stereocenters. The van der Waals surface area contributed by atoms with Crippen LogP contribution in [0.15, 0.2) is 36.4 Å². The Bertz CT molecular complexity index is 706. The number of carbonyl (C=O) groups is 1. The maximum atomic E-state index is 11.4. The highest BCUT2D eigenvalue weighted by molar-refractivity contribution is 5.93. The first-order chi connectivity index (χ1) is 10.1. The lowest BCUT2D eigenvalue weighted by Gasteiger charge is -2.20. The topological polar surface area (TPSA) is 49.3 Å². The second-order valence-corrected chi connectivity index (χ2v) is 5.66. The summed E-state index contributed by atoms with van der Waals surface area (Å²) < 4.78 is 0. The summed E-state index contributed by atoms with van der Waals surface area (Å²) in [5.74, 6) is 0.0605. The average Bonchev–Trinajstić information content (AvgIpc) is 2.49. The Hall–Kier alpha value is -2.13. The summed E-state index contributed by atoms with van der Waals surface area (Å²) in [6, 6.07) is 11.8. The van der Waals surface area contributed by atoms with Gasteiger partial charge in [0.05, 0.1) is 0 Å². The summed E-state index contributed by atoms with van der Waals surface area (Å²) in [6.07, 6.45) is 0.609. The number of rotatable bonds is 2. The molecule has 108 valence electrons. The number of anilines is 1. The molecular weight excluding hydrogens is 262 g/mol. The van der Waals surface area contributed by atoms with Gasteiger partial charge in [-0.2, -0.15) is 0 Å². The summed E-state index contributed by atoms with van der Waals surface area (Å²) in [5.41, 5.74) is 6.07. The summed E-state index contributed by atoms with van der Waals surface area (Å²) in [4.78, 5) is 11.4. The van der Waals surface area contributed by atoms with Crippen LogP contribution in [0.5, 0.6) is 0 Å². The van der Waals surface area contributed by atoms with Crippen molar-refractivity contribution in [2.75, 3.05) is 5.32 Å². The zero-order chi connectivity index (χ0) is 15.0. The molecule has 1 heterocycles. The van der Waals surface area contributed by atoms with E-state index in [1.165, 1.54) is 5.56 Å². The van der Waals surface area contributed by atoms with Crippen LogP contribution in [0.1, 0.15) is 40.3 Å². The maximum absolute atomic E-state index is 11.4. The maximum Gasteiger partial charge on any atom is 0.224 e. The van der Waals surface area contributed by atoms with Crippen molar-refractivity contribution in [1.29, 1.82) is 0 Å². The second kappa shape index (κ2) is 5.34. The first-order valence-electron chi connectivity index (χ1n) is 7.23. The molecule has 0 saturated heterocycles. The largest absolute Gasteiger partial charge is 0.384 e. The predicted molar refractivity (Wildman–Crippen MR) is 83.4 cm³/mol.